The number of benzene rings is 2. The first-order chi connectivity index (χ1) is 18.6. The SMILES string of the molecule is CN(C)c1nc(NC2CCC(C(=O)NCc3cc(C(F)(F)F)cc(C(F)(F)F)c3)CC2)nc2cc(F)c(F)cc12. The zero-order chi connectivity index (χ0) is 29.4. The molecule has 1 heterocycles. The Morgan fingerprint density at radius 3 is 2.00 bits per heavy atom. The number of fused-ring (bicyclic) bond motifs is 1. The average molecular weight is 576 g/mol. The highest BCUT2D eigenvalue weighted by molar-refractivity contribution is 5.90. The van der Waals surface area contributed by atoms with E-state index in [1.54, 1.807) is 19.0 Å². The van der Waals surface area contributed by atoms with E-state index < -0.39 is 53.5 Å². The Balaban J connectivity index is 1.38. The van der Waals surface area contributed by atoms with Crippen molar-refractivity contribution in [3.63, 3.8) is 0 Å². The number of nitrogens with one attached hydrogen (secondary N) is 2. The predicted octanol–water partition coefficient (Wildman–Crippen LogP) is 6.30. The second-order valence-corrected chi connectivity index (χ2v) is 9.87. The van der Waals surface area contributed by atoms with Crippen molar-refractivity contribution < 1.29 is 39.9 Å². The van der Waals surface area contributed by atoms with Crippen molar-refractivity contribution in [2.75, 3.05) is 24.3 Å². The number of alkyl halides is 6. The van der Waals surface area contributed by atoms with Crippen LogP contribution in [-0.4, -0.2) is 36.0 Å². The second-order valence-electron chi connectivity index (χ2n) is 9.87. The van der Waals surface area contributed by atoms with Crippen LogP contribution in [0.25, 0.3) is 10.9 Å². The molecule has 0 unspecified atom stereocenters. The zero-order valence-corrected chi connectivity index (χ0v) is 21.4. The normalized spacial score (nSPS) is 18.1. The molecule has 216 valence electrons. The summed E-state index contributed by atoms with van der Waals surface area (Å²) in [5.41, 5.74) is -3.00. The Morgan fingerprint density at radius 1 is 0.875 bits per heavy atom. The molecule has 40 heavy (non-hydrogen) atoms. The highest BCUT2D eigenvalue weighted by Crippen LogP contribution is 2.36. The van der Waals surface area contributed by atoms with E-state index >= 15 is 0 Å². The van der Waals surface area contributed by atoms with Crippen LogP contribution in [0.4, 0.5) is 46.9 Å². The van der Waals surface area contributed by atoms with Gasteiger partial charge >= 0.3 is 12.4 Å². The highest BCUT2D eigenvalue weighted by atomic mass is 19.4. The van der Waals surface area contributed by atoms with Gasteiger partial charge in [-0.2, -0.15) is 31.3 Å². The molecule has 1 amide bonds. The lowest BCUT2D eigenvalue weighted by Gasteiger charge is -2.29. The first-order valence-electron chi connectivity index (χ1n) is 12.3. The Hall–Kier alpha value is -3.71. The molecule has 0 atom stereocenters. The molecule has 2 N–H and O–H groups in total. The van der Waals surface area contributed by atoms with Crippen LogP contribution in [0, 0.1) is 17.6 Å². The van der Waals surface area contributed by atoms with E-state index in [4.69, 9.17) is 0 Å². The van der Waals surface area contributed by atoms with Gasteiger partial charge in [0.2, 0.25) is 11.9 Å². The lowest BCUT2D eigenvalue weighted by molar-refractivity contribution is -0.143. The molecule has 0 saturated heterocycles. The smallest absolute Gasteiger partial charge is 0.362 e. The molecule has 1 saturated carbocycles. The van der Waals surface area contributed by atoms with Crippen LogP contribution >= 0.6 is 0 Å². The maximum absolute atomic E-state index is 13.8. The van der Waals surface area contributed by atoms with Gasteiger partial charge in [0.25, 0.3) is 0 Å². The molecule has 1 fully saturated rings. The quantitative estimate of drug-likeness (QED) is 0.338. The van der Waals surface area contributed by atoms with E-state index in [2.05, 4.69) is 20.6 Å². The number of carbonyl (C=O) groups is 1. The maximum atomic E-state index is 13.8. The molecular weight excluding hydrogens is 550 g/mol. The van der Waals surface area contributed by atoms with Crippen LogP contribution in [0.15, 0.2) is 30.3 Å². The van der Waals surface area contributed by atoms with E-state index in [1.165, 1.54) is 0 Å². The van der Waals surface area contributed by atoms with Crippen molar-refractivity contribution in [2.24, 2.45) is 5.92 Å². The van der Waals surface area contributed by atoms with E-state index in [1.807, 2.05) is 0 Å². The Kier molecular flexibility index (Phi) is 8.08. The van der Waals surface area contributed by atoms with Crippen LogP contribution in [-0.2, 0) is 23.7 Å². The molecule has 0 spiro atoms. The minimum absolute atomic E-state index is 0.0368. The summed E-state index contributed by atoms with van der Waals surface area (Å²) in [6.07, 6.45) is -8.16. The summed E-state index contributed by atoms with van der Waals surface area (Å²) in [5.74, 6) is -2.46. The largest absolute Gasteiger partial charge is 0.416 e. The van der Waals surface area contributed by atoms with Gasteiger partial charge in [0.1, 0.15) is 5.82 Å². The first-order valence-corrected chi connectivity index (χ1v) is 12.3. The predicted molar refractivity (Wildman–Crippen MR) is 131 cm³/mol. The van der Waals surface area contributed by atoms with Gasteiger partial charge in [0.05, 0.1) is 16.6 Å². The highest BCUT2D eigenvalue weighted by Gasteiger charge is 2.37. The zero-order valence-electron chi connectivity index (χ0n) is 21.4. The van der Waals surface area contributed by atoms with Gasteiger partial charge in [0.15, 0.2) is 11.6 Å². The van der Waals surface area contributed by atoms with E-state index in [-0.39, 0.29) is 29.1 Å². The summed E-state index contributed by atoms with van der Waals surface area (Å²) in [6.45, 7) is -0.487. The summed E-state index contributed by atoms with van der Waals surface area (Å²) in [6, 6.07) is 3.06. The van der Waals surface area contributed by atoms with Crippen molar-refractivity contribution in [1.29, 1.82) is 0 Å². The van der Waals surface area contributed by atoms with Crippen LogP contribution in [0.1, 0.15) is 42.4 Å². The monoisotopic (exact) mass is 575 g/mol. The fourth-order valence-electron chi connectivity index (χ4n) is 4.65. The Morgan fingerprint density at radius 2 is 1.45 bits per heavy atom. The third-order valence-electron chi connectivity index (χ3n) is 6.69. The van der Waals surface area contributed by atoms with Crippen LogP contribution in [0.2, 0.25) is 0 Å². The first kappa shape index (κ1) is 29.3. The fraction of sp³-hybridized carbons (Fsp3) is 0.423. The molecule has 2 aromatic carbocycles. The summed E-state index contributed by atoms with van der Waals surface area (Å²) in [4.78, 5) is 23.0. The molecular formula is C26H25F8N5O. The third-order valence-corrected chi connectivity index (χ3v) is 6.69. The Labute approximate surface area is 223 Å². The number of hydrogen-bond donors (Lipinski definition) is 2. The van der Waals surface area contributed by atoms with Crippen LogP contribution in [0.3, 0.4) is 0 Å². The molecule has 0 aliphatic heterocycles. The number of anilines is 2. The molecule has 1 aromatic heterocycles. The molecule has 14 heteroatoms. The minimum atomic E-state index is -4.97. The molecule has 1 aliphatic rings. The van der Waals surface area contributed by atoms with Gasteiger partial charge in [-0.05, 0) is 55.5 Å². The second kappa shape index (κ2) is 11.0. The molecule has 6 nitrogen and oxygen atoms in total. The molecule has 0 bridgehead atoms. The molecule has 4 rings (SSSR count). The summed E-state index contributed by atoms with van der Waals surface area (Å²) < 4.78 is 106. The number of halogens is 8. The van der Waals surface area contributed by atoms with Gasteiger partial charge in [-0.15, -0.1) is 0 Å². The van der Waals surface area contributed by atoms with Crippen molar-refractivity contribution >= 4 is 28.6 Å². The number of carbonyl (C=O) groups excluding carboxylic acids is 1. The van der Waals surface area contributed by atoms with Gasteiger partial charge < -0.3 is 15.5 Å². The van der Waals surface area contributed by atoms with Crippen molar-refractivity contribution in [3.05, 3.63) is 58.7 Å². The van der Waals surface area contributed by atoms with E-state index in [0.717, 1.165) is 12.1 Å². The summed E-state index contributed by atoms with van der Waals surface area (Å²) in [5, 5.41) is 5.93. The minimum Gasteiger partial charge on any atom is -0.362 e. The van der Waals surface area contributed by atoms with Gasteiger partial charge in [-0.3, -0.25) is 4.79 Å². The molecule has 1 aliphatic carbocycles. The van der Waals surface area contributed by atoms with Gasteiger partial charge in [0, 0.05) is 44.1 Å². The fourth-order valence-corrected chi connectivity index (χ4v) is 4.65. The number of amides is 1. The van der Waals surface area contributed by atoms with E-state index in [0.29, 0.717) is 49.0 Å². The number of hydrogen-bond acceptors (Lipinski definition) is 5. The average Bonchev–Trinajstić information content (AvgIpc) is 2.87. The topological polar surface area (TPSA) is 70.2 Å². The lowest BCUT2D eigenvalue weighted by atomic mass is 9.85. The van der Waals surface area contributed by atoms with Gasteiger partial charge in [-0.1, -0.05) is 0 Å². The molecule has 3 aromatic rings. The number of aromatic nitrogens is 2. The summed E-state index contributed by atoms with van der Waals surface area (Å²) in [7, 11) is 3.39. The molecule has 0 radical (unpaired) electrons. The van der Waals surface area contributed by atoms with Crippen molar-refractivity contribution in [2.45, 2.75) is 50.6 Å². The summed E-state index contributed by atoms with van der Waals surface area (Å²) >= 11 is 0. The van der Waals surface area contributed by atoms with E-state index in [9.17, 15) is 39.9 Å². The maximum Gasteiger partial charge on any atom is 0.416 e. The lowest BCUT2D eigenvalue weighted by Crippen LogP contribution is -2.36. The third kappa shape index (κ3) is 6.70. The Bertz CT molecular complexity index is 1370. The standard InChI is InChI=1S/C26H25F8N5O/c1-39(2)22-18-10-19(27)20(28)11-21(18)37-24(38-22)36-17-5-3-14(4-6-17)23(40)35-12-13-7-15(25(29,30)31)9-16(8-13)26(32,33)34/h7-11,14,17H,3-6,12H2,1-2H3,(H,35,40)(H,36,37,38). The van der Waals surface area contributed by atoms with Crippen LogP contribution < -0.4 is 15.5 Å². The van der Waals surface area contributed by atoms with Crippen molar-refractivity contribution in [1.82, 2.24) is 15.3 Å². The number of nitrogens with zero attached hydrogens (tertiary/aromatic N) is 3. The van der Waals surface area contributed by atoms with Crippen LogP contribution in [0.5, 0.6) is 0 Å². The number of rotatable bonds is 6. The van der Waals surface area contributed by atoms with Crippen molar-refractivity contribution in [3.8, 4) is 0 Å². The van der Waals surface area contributed by atoms with Gasteiger partial charge in [-0.25, -0.2) is 13.8 Å².